The van der Waals surface area contributed by atoms with Gasteiger partial charge >= 0.3 is 0 Å². The van der Waals surface area contributed by atoms with E-state index in [0.29, 0.717) is 0 Å². The maximum atomic E-state index is 13.5. The van der Waals surface area contributed by atoms with Gasteiger partial charge in [0.25, 0.3) is 0 Å². The zero-order valence-electron chi connectivity index (χ0n) is 13.1. The van der Waals surface area contributed by atoms with Crippen molar-refractivity contribution < 1.29 is 4.39 Å². The summed E-state index contributed by atoms with van der Waals surface area (Å²) in [4.78, 5) is 2.82. The van der Waals surface area contributed by atoms with Gasteiger partial charge < -0.3 is 5.32 Å². The lowest BCUT2D eigenvalue weighted by Crippen LogP contribution is -2.24. The first kappa shape index (κ1) is 16.2. The van der Waals surface area contributed by atoms with Crippen molar-refractivity contribution in [2.75, 3.05) is 6.54 Å². The minimum atomic E-state index is -0.127. The van der Waals surface area contributed by atoms with Crippen molar-refractivity contribution in [1.82, 2.24) is 5.32 Å². The third kappa shape index (κ3) is 4.39. The van der Waals surface area contributed by atoms with E-state index in [1.807, 2.05) is 30.4 Å². The van der Waals surface area contributed by atoms with E-state index in [9.17, 15) is 4.39 Å². The van der Waals surface area contributed by atoms with Crippen molar-refractivity contribution in [3.8, 4) is 0 Å². The summed E-state index contributed by atoms with van der Waals surface area (Å²) < 4.78 is 13.5. The Morgan fingerprint density at radius 2 is 1.90 bits per heavy atom. The Balaban J connectivity index is 2.18. The minimum Gasteiger partial charge on any atom is -0.310 e. The summed E-state index contributed by atoms with van der Waals surface area (Å²) in [5.74, 6) is -0.127. The topological polar surface area (TPSA) is 12.0 Å². The third-order valence-corrected chi connectivity index (χ3v) is 4.95. The van der Waals surface area contributed by atoms with Gasteiger partial charge in [-0.15, -0.1) is 11.3 Å². The Morgan fingerprint density at radius 3 is 2.52 bits per heavy atom. The van der Waals surface area contributed by atoms with Crippen LogP contribution in [-0.2, 0) is 12.8 Å². The summed E-state index contributed by atoms with van der Waals surface area (Å²) in [5.41, 5.74) is 1.89. The number of hydrogen-bond donors (Lipinski definition) is 1. The van der Waals surface area contributed by atoms with Crippen LogP contribution in [0.2, 0.25) is 0 Å². The molecule has 1 unspecified atom stereocenters. The van der Waals surface area contributed by atoms with E-state index >= 15 is 0 Å². The highest BCUT2D eigenvalue weighted by Crippen LogP contribution is 2.25. The van der Waals surface area contributed by atoms with E-state index in [0.717, 1.165) is 31.4 Å². The second-order valence-corrected chi connectivity index (χ2v) is 6.69. The maximum absolute atomic E-state index is 13.5. The van der Waals surface area contributed by atoms with Crippen LogP contribution in [-0.4, -0.2) is 6.54 Å². The van der Waals surface area contributed by atoms with Gasteiger partial charge in [0.05, 0.1) is 0 Å². The van der Waals surface area contributed by atoms with Crippen molar-refractivity contribution in [1.29, 1.82) is 0 Å². The Morgan fingerprint density at radius 1 is 1.14 bits per heavy atom. The minimum absolute atomic E-state index is 0.127. The molecule has 0 bridgehead atoms. The van der Waals surface area contributed by atoms with Crippen LogP contribution in [0.25, 0.3) is 0 Å². The highest BCUT2D eigenvalue weighted by atomic mass is 32.1. The lowest BCUT2D eigenvalue weighted by molar-refractivity contribution is 0.529. The fraction of sp³-hybridized carbons (Fsp3) is 0.444. The van der Waals surface area contributed by atoms with Gasteiger partial charge in [0, 0.05) is 22.2 Å². The highest BCUT2D eigenvalue weighted by molar-refractivity contribution is 7.11. The molecular weight excluding hydrogens is 281 g/mol. The Labute approximate surface area is 131 Å². The molecule has 0 saturated heterocycles. The van der Waals surface area contributed by atoms with Crippen molar-refractivity contribution in [3.63, 3.8) is 0 Å². The number of benzene rings is 1. The fourth-order valence-electron chi connectivity index (χ4n) is 2.43. The second-order valence-electron chi connectivity index (χ2n) is 5.44. The average Bonchev–Trinajstić information content (AvgIpc) is 2.94. The molecule has 2 rings (SSSR count). The van der Waals surface area contributed by atoms with Gasteiger partial charge in [-0.1, -0.05) is 26.0 Å². The quantitative estimate of drug-likeness (QED) is 0.755. The summed E-state index contributed by atoms with van der Waals surface area (Å²) in [5, 5.41) is 3.59. The second kappa shape index (κ2) is 7.71. The molecule has 1 aromatic carbocycles. The van der Waals surface area contributed by atoms with E-state index in [1.54, 1.807) is 6.07 Å². The molecule has 0 saturated carbocycles. The first-order valence-corrected chi connectivity index (χ1v) is 8.52. The summed E-state index contributed by atoms with van der Waals surface area (Å²) in [6, 6.07) is 10.2. The first-order chi connectivity index (χ1) is 10.1. The van der Waals surface area contributed by atoms with Crippen LogP contribution < -0.4 is 5.32 Å². The van der Waals surface area contributed by atoms with E-state index in [4.69, 9.17) is 0 Å². The molecule has 0 radical (unpaired) electrons. The van der Waals surface area contributed by atoms with Crippen LogP contribution in [0.3, 0.4) is 0 Å². The monoisotopic (exact) mass is 305 g/mol. The molecule has 2 aromatic rings. The standard InChI is InChI=1S/C18H24FNS/c1-4-10-20-18(12-16-8-7-15(5-2)21-16)14-6-9-17(19)13(3)11-14/h6-9,11,18,20H,4-5,10,12H2,1-3H3. The molecule has 0 fully saturated rings. The normalized spacial score (nSPS) is 12.6. The van der Waals surface area contributed by atoms with Crippen molar-refractivity contribution in [3.05, 3.63) is 57.0 Å². The van der Waals surface area contributed by atoms with E-state index in [2.05, 4.69) is 31.3 Å². The van der Waals surface area contributed by atoms with Gasteiger partial charge in [-0.25, -0.2) is 4.39 Å². The maximum Gasteiger partial charge on any atom is 0.126 e. The SMILES string of the molecule is CCCNC(Cc1ccc(CC)s1)c1ccc(F)c(C)c1. The largest absolute Gasteiger partial charge is 0.310 e. The molecule has 0 aliphatic heterocycles. The number of hydrogen-bond acceptors (Lipinski definition) is 2. The van der Waals surface area contributed by atoms with E-state index in [1.165, 1.54) is 15.3 Å². The summed E-state index contributed by atoms with van der Waals surface area (Å²) >= 11 is 1.88. The number of aryl methyl sites for hydroxylation is 2. The average molecular weight is 305 g/mol. The van der Waals surface area contributed by atoms with Crippen LogP contribution in [0.1, 0.15) is 47.2 Å². The van der Waals surface area contributed by atoms with E-state index < -0.39 is 0 Å². The molecule has 21 heavy (non-hydrogen) atoms. The Hall–Kier alpha value is -1.19. The van der Waals surface area contributed by atoms with Gasteiger partial charge in [-0.3, -0.25) is 0 Å². The first-order valence-electron chi connectivity index (χ1n) is 7.71. The van der Waals surface area contributed by atoms with E-state index in [-0.39, 0.29) is 11.9 Å². The van der Waals surface area contributed by atoms with Crippen LogP contribution >= 0.6 is 11.3 Å². The predicted molar refractivity (Wildman–Crippen MR) is 89.6 cm³/mol. The molecule has 114 valence electrons. The van der Waals surface area contributed by atoms with Crippen molar-refractivity contribution >= 4 is 11.3 Å². The molecule has 0 aliphatic carbocycles. The van der Waals surface area contributed by atoms with Gasteiger partial charge in [-0.2, -0.15) is 0 Å². The van der Waals surface area contributed by atoms with Crippen LogP contribution in [0.4, 0.5) is 4.39 Å². The molecule has 1 nitrogen and oxygen atoms in total. The van der Waals surface area contributed by atoms with Crippen molar-refractivity contribution in [2.45, 2.75) is 46.1 Å². The van der Waals surface area contributed by atoms with Gasteiger partial charge in [0.2, 0.25) is 0 Å². The van der Waals surface area contributed by atoms with Gasteiger partial charge in [-0.05, 0) is 55.6 Å². The number of nitrogens with one attached hydrogen (secondary N) is 1. The van der Waals surface area contributed by atoms with Crippen LogP contribution in [0.15, 0.2) is 30.3 Å². The fourth-order valence-corrected chi connectivity index (χ4v) is 3.44. The number of thiophene rings is 1. The molecule has 1 heterocycles. The van der Waals surface area contributed by atoms with Crippen LogP contribution in [0.5, 0.6) is 0 Å². The highest BCUT2D eigenvalue weighted by Gasteiger charge is 2.14. The number of halogens is 1. The zero-order chi connectivity index (χ0) is 15.2. The lowest BCUT2D eigenvalue weighted by Gasteiger charge is -2.19. The Kier molecular flexibility index (Phi) is 5.95. The Bertz CT molecular complexity index is 576. The smallest absolute Gasteiger partial charge is 0.126 e. The summed E-state index contributed by atoms with van der Waals surface area (Å²) in [6.45, 7) is 7.16. The molecule has 0 amide bonds. The predicted octanol–water partition coefficient (Wildman–Crippen LogP) is 5.04. The molecule has 1 aromatic heterocycles. The molecule has 1 N–H and O–H groups in total. The molecular formula is C18H24FNS. The summed E-state index contributed by atoms with van der Waals surface area (Å²) in [6.07, 6.45) is 3.16. The number of rotatable bonds is 7. The molecule has 0 spiro atoms. The zero-order valence-corrected chi connectivity index (χ0v) is 13.9. The molecule has 1 atom stereocenters. The van der Waals surface area contributed by atoms with Crippen LogP contribution in [0, 0.1) is 12.7 Å². The third-order valence-electron chi connectivity index (χ3n) is 3.70. The summed E-state index contributed by atoms with van der Waals surface area (Å²) in [7, 11) is 0. The van der Waals surface area contributed by atoms with Gasteiger partial charge in [0.1, 0.15) is 5.82 Å². The lowest BCUT2D eigenvalue weighted by atomic mass is 10.0. The van der Waals surface area contributed by atoms with Gasteiger partial charge in [0.15, 0.2) is 0 Å². The molecule has 0 aliphatic rings. The van der Waals surface area contributed by atoms with Crippen molar-refractivity contribution in [2.24, 2.45) is 0 Å². The molecule has 3 heteroatoms.